The molecule has 1 N–H and O–H groups in total. The summed E-state index contributed by atoms with van der Waals surface area (Å²) in [5.41, 5.74) is 2.58. The Hall–Kier alpha value is -2.10. The Balaban J connectivity index is 2.41. The first-order chi connectivity index (χ1) is 8.08. The maximum Gasteiger partial charge on any atom is 0.311 e. The van der Waals surface area contributed by atoms with Crippen LogP contribution in [0.5, 0.6) is 0 Å². The van der Waals surface area contributed by atoms with E-state index in [0.717, 1.165) is 11.1 Å². The maximum absolute atomic E-state index is 10.6. The largest absolute Gasteiger partial charge is 0.481 e. The third-order valence-electron chi connectivity index (χ3n) is 2.58. The van der Waals surface area contributed by atoms with Gasteiger partial charge in [0.2, 0.25) is 5.89 Å². The van der Waals surface area contributed by atoms with Gasteiger partial charge in [-0.2, -0.15) is 0 Å². The minimum atomic E-state index is -0.916. The molecule has 0 aliphatic rings. The first kappa shape index (κ1) is 11.4. The van der Waals surface area contributed by atoms with Gasteiger partial charge in [-0.25, -0.2) is 4.98 Å². The number of aromatic nitrogens is 1. The smallest absolute Gasteiger partial charge is 0.311 e. The van der Waals surface area contributed by atoms with Crippen LogP contribution in [0.3, 0.4) is 0 Å². The van der Waals surface area contributed by atoms with Crippen LogP contribution in [0.1, 0.15) is 17.0 Å². The lowest BCUT2D eigenvalue weighted by Crippen LogP contribution is -1.99. The fourth-order valence-electron chi connectivity index (χ4n) is 1.66. The zero-order chi connectivity index (χ0) is 12.4. The number of nitrogens with zero attached hydrogens (tertiary/aromatic N) is 1. The molecule has 88 valence electrons. The first-order valence-electron chi connectivity index (χ1n) is 5.32. The molecule has 2 aromatic rings. The van der Waals surface area contributed by atoms with E-state index >= 15 is 0 Å². The summed E-state index contributed by atoms with van der Waals surface area (Å²) in [6.45, 7) is 3.72. The molecule has 1 heterocycles. The molecular formula is C13H13NO3. The number of carboxylic acids is 1. The molecule has 17 heavy (non-hydrogen) atoms. The van der Waals surface area contributed by atoms with Gasteiger partial charge in [-0.15, -0.1) is 0 Å². The summed E-state index contributed by atoms with van der Waals surface area (Å²) in [6, 6.07) is 7.71. The van der Waals surface area contributed by atoms with Crippen LogP contribution in [0, 0.1) is 13.8 Å². The highest BCUT2D eigenvalue weighted by molar-refractivity contribution is 5.70. The molecule has 0 aliphatic carbocycles. The van der Waals surface area contributed by atoms with Crippen LogP contribution >= 0.6 is 0 Å². The average Bonchev–Trinajstić information content (AvgIpc) is 2.60. The monoisotopic (exact) mass is 231 g/mol. The van der Waals surface area contributed by atoms with Crippen molar-refractivity contribution in [2.75, 3.05) is 0 Å². The van der Waals surface area contributed by atoms with E-state index in [-0.39, 0.29) is 6.42 Å². The van der Waals surface area contributed by atoms with Gasteiger partial charge in [0.1, 0.15) is 12.2 Å². The van der Waals surface area contributed by atoms with Gasteiger partial charge in [-0.1, -0.05) is 18.2 Å². The molecule has 0 saturated heterocycles. The number of hydrogen-bond donors (Lipinski definition) is 1. The molecule has 1 aromatic carbocycles. The number of carbonyl (C=O) groups is 1. The van der Waals surface area contributed by atoms with Crippen LogP contribution in [-0.4, -0.2) is 16.1 Å². The molecule has 0 unspecified atom stereocenters. The molecule has 0 radical (unpaired) electrons. The van der Waals surface area contributed by atoms with E-state index in [1.807, 2.05) is 31.2 Å². The molecule has 0 spiro atoms. The van der Waals surface area contributed by atoms with E-state index in [9.17, 15) is 4.79 Å². The Kier molecular flexibility index (Phi) is 2.95. The van der Waals surface area contributed by atoms with Gasteiger partial charge in [-0.3, -0.25) is 4.79 Å². The van der Waals surface area contributed by atoms with Crippen LogP contribution in [0.15, 0.2) is 28.7 Å². The lowest BCUT2D eigenvalue weighted by Gasteiger charge is -1.99. The Bertz CT molecular complexity index is 558. The van der Waals surface area contributed by atoms with Gasteiger partial charge >= 0.3 is 5.97 Å². The predicted molar refractivity (Wildman–Crippen MR) is 62.8 cm³/mol. The topological polar surface area (TPSA) is 63.3 Å². The number of hydrogen-bond acceptors (Lipinski definition) is 3. The highest BCUT2D eigenvalue weighted by Crippen LogP contribution is 2.24. The van der Waals surface area contributed by atoms with Crippen LogP contribution in [-0.2, 0) is 11.2 Å². The Morgan fingerprint density at radius 1 is 1.35 bits per heavy atom. The second-order valence-corrected chi connectivity index (χ2v) is 3.91. The van der Waals surface area contributed by atoms with Crippen molar-refractivity contribution in [3.8, 4) is 11.5 Å². The molecule has 4 heteroatoms. The normalized spacial score (nSPS) is 10.5. The van der Waals surface area contributed by atoms with Crippen molar-refractivity contribution in [1.29, 1.82) is 0 Å². The van der Waals surface area contributed by atoms with Crippen molar-refractivity contribution in [1.82, 2.24) is 4.98 Å². The van der Waals surface area contributed by atoms with Crippen molar-refractivity contribution in [2.24, 2.45) is 0 Å². The molecule has 0 bridgehead atoms. The summed E-state index contributed by atoms with van der Waals surface area (Å²) in [7, 11) is 0. The van der Waals surface area contributed by atoms with Crippen LogP contribution < -0.4 is 0 Å². The molecule has 0 aliphatic heterocycles. The average molecular weight is 231 g/mol. The Morgan fingerprint density at radius 2 is 2.06 bits per heavy atom. The van der Waals surface area contributed by atoms with Crippen LogP contribution in [0.2, 0.25) is 0 Å². The van der Waals surface area contributed by atoms with Crippen LogP contribution in [0.25, 0.3) is 11.5 Å². The highest BCUT2D eigenvalue weighted by atomic mass is 16.4. The highest BCUT2D eigenvalue weighted by Gasteiger charge is 2.14. The van der Waals surface area contributed by atoms with Gasteiger partial charge in [0.05, 0.1) is 5.69 Å². The molecule has 0 amide bonds. The fourth-order valence-corrected chi connectivity index (χ4v) is 1.66. The molecular weight excluding hydrogens is 218 g/mol. The minimum Gasteiger partial charge on any atom is -0.481 e. The lowest BCUT2D eigenvalue weighted by atomic mass is 10.1. The van der Waals surface area contributed by atoms with Gasteiger partial charge in [0.25, 0.3) is 0 Å². The van der Waals surface area contributed by atoms with E-state index in [2.05, 4.69) is 4.98 Å². The number of benzene rings is 1. The Labute approximate surface area is 98.9 Å². The minimum absolute atomic E-state index is 0.134. The zero-order valence-electron chi connectivity index (χ0n) is 9.73. The third-order valence-corrected chi connectivity index (χ3v) is 2.58. The maximum atomic E-state index is 10.6. The number of aryl methyl sites for hydroxylation is 2. The van der Waals surface area contributed by atoms with E-state index in [4.69, 9.17) is 9.52 Å². The molecule has 0 saturated carbocycles. The summed E-state index contributed by atoms with van der Waals surface area (Å²) < 4.78 is 5.50. The molecule has 1 aromatic heterocycles. The van der Waals surface area contributed by atoms with Gasteiger partial charge in [0, 0.05) is 5.56 Å². The van der Waals surface area contributed by atoms with Crippen molar-refractivity contribution in [3.63, 3.8) is 0 Å². The first-order valence-corrected chi connectivity index (χ1v) is 5.32. The SMILES string of the molecule is Cc1ccccc1-c1nc(C)c(CC(=O)O)o1. The number of aliphatic carboxylic acids is 1. The summed E-state index contributed by atoms with van der Waals surface area (Å²) in [4.78, 5) is 14.9. The second-order valence-electron chi connectivity index (χ2n) is 3.91. The summed E-state index contributed by atoms with van der Waals surface area (Å²) in [5, 5.41) is 8.74. The Morgan fingerprint density at radius 3 is 2.71 bits per heavy atom. The van der Waals surface area contributed by atoms with Crippen molar-refractivity contribution < 1.29 is 14.3 Å². The molecule has 0 fully saturated rings. The number of carboxylic acid groups (broad SMARTS) is 1. The van der Waals surface area contributed by atoms with E-state index in [0.29, 0.717) is 17.3 Å². The molecule has 0 atom stereocenters. The van der Waals surface area contributed by atoms with Crippen molar-refractivity contribution in [3.05, 3.63) is 41.3 Å². The summed E-state index contributed by atoms with van der Waals surface area (Å²) in [6.07, 6.45) is -0.134. The molecule has 4 nitrogen and oxygen atoms in total. The zero-order valence-corrected chi connectivity index (χ0v) is 9.73. The third kappa shape index (κ3) is 2.36. The van der Waals surface area contributed by atoms with Gasteiger partial charge in [-0.05, 0) is 25.5 Å². The number of oxazole rings is 1. The van der Waals surface area contributed by atoms with E-state index in [1.54, 1.807) is 6.92 Å². The van der Waals surface area contributed by atoms with Crippen molar-refractivity contribution in [2.45, 2.75) is 20.3 Å². The van der Waals surface area contributed by atoms with Gasteiger partial charge < -0.3 is 9.52 Å². The predicted octanol–water partition coefficient (Wildman–Crippen LogP) is 2.59. The van der Waals surface area contributed by atoms with Crippen molar-refractivity contribution >= 4 is 5.97 Å². The fraction of sp³-hybridized carbons (Fsp3) is 0.231. The summed E-state index contributed by atoms with van der Waals surface area (Å²) in [5.74, 6) is -0.0202. The van der Waals surface area contributed by atoms with Gasteiger partial charge in [0.15, 0.2) is 0 Å². The lowest BCUT2D eigenvalue weighted by molar-refractivity contribution is -0.136. The standard InChI is InChI=1S/C13H13NO3/c1-8-5-3-4-6-10(8)13-14-9(2)11(17-13)7-12(15)16/h3-6H,7H2,1-2H3,(H,15,16). The van der Waals surface area contributed by atoms with E-state index < -0.39 is 5.97 Å². The van der Waals surface area contributed by atoms with Crippen LogP contribution in [0.4, 0.5) is 0 Å². The summed E-state index contributed by atoms with van der Waals surface area (Å²) >= 11 is 0. The molecule has 2 rings (SSSR count). The quantitative estimate of drug-likeness (QED) is 0.881. The second kappa shape index (κ2) is 4.41. The number of rotatable bonds is 3. The van der Waals surface area contributed by atoms with E-state index in [1.165, 1.54) is 0 Å².